The zero-order chi connectivity index (χ0) is 19.3. The monoisotopic (exact) mass is 408 g/mol. The van der Waals surface area contributed by atoms with E-state index in [0.29, 0.717) is 25.5 Å². The fourth-order valence-corrected chi connectivity index (χ4v) is 4.72. The SMILES string of the molecule is CCOc1ccc(-c2nc(CS(=O)(=O)c3nncn3CCOC)cs2)cc1. The minimum Gasteiger partial charge on any atom is -0.494 e. The summed E-state index contributed by atoms with van der Waals surface area (Å²) in [6, 6.07) is 7.55. The number of benzene rings is 1. The number of hydrogen-bond donors (Lipinski definition) is 0. The molecule has 0 spiro atoms. The van der Waals surface area contributed by atoms with Gasteiger partial charge in [-0.15, -0.1) is 21.5 Å². The van der Waals surface area contributed by atoms with Crippen molar-refractivity contribution in [3.63, 3.8) is 0 Å². The predicted octanol–water partition coefficient (Wildman–Crippen LogP) is 2.42. The van der Waals surface area contributed by atoms with E-state index < -0.39 is 9.84 Å². The number of aromatic nitrogens is 4. The van der Waals surface area contributed by atoms with Gasteiger partial charge >= 0.3 is 0 Å². The molecule has 0 aliphatic heterocycles. The molecule has 27 heavy (non-hydrogen) atoms. The number of hydrogen-bond acceptors (Lipinski definition) is 8. The molecule has 0 fully saturated rings. The Morgan fingerprint density at radius 3 is 2.70 bits per heavy atom. The molecule has 0 saturated heterocycles. The smallest absolute Gasteiger partial charge is 0.249 e. The van der Waals surface area contributed by atoms with E-state index in [4.69, 9.17) is 9.47 Å². The van der Waals surface area contributed by atoms with Gasteiger partial charge < -0.3 is 14.0 Å². The lowest BCUT2D eigenvalue weighted by atomic mass is 10.2. The number of ether oxygens (including phenoxy) is 2. The summed E-state index contributed by atoms with van der Waals surface area (Å²) in [5, 5.41) is 9.90. The highest BCUT2D eigenvalue weighted by atomic mass is 32.2. The average Bonchev–Trinajstić information content (AvgIpc) is 3.30. The van der Waals surface area contributed by atoms with Crippen LogP contribution in [0.4, 0.5) is 0 Å². The Kier molecular flexibility index (Phi) is 6.19. The molecule has 0 radical (unpaired) electrons. The molecule has 0 aliphatic rings. The third-order valence-corrected chi connectivity index (χ3v) is 6.18. The van der Waals surface area contributed by atoms with Gasteiger partial charge in [0.2, 0.25) is 15.0 Å². The van der Waals surface area contributed by atoms with Crippen LogP contribution >= 0.6 is 11.3 Å². The van der Waals surface area contributed by atoms with Crippen molar-refractivity contribution in [1.82, 2.24) is 19.7 Å². The Labute approximate surface area is 161 Å². The fourth-order valence-electron chi connectivity index (χ4n) is 2.45. The summed E-state index contributed by atoms with van der Waals surface area (Å²) in [5.74, 6) is 0.558. The van der Waals surface area contributed by atoms with Crippen LogP contribution in [0, 0.1) is 0 Å². The third kappa shape index (κ3) is 4.71. The second-order valence-corrected chi connectivity index (χ2v) is 8.40. The quantitative estimate of drug-likeness (QED) is 0.536. The van der Waals surface area contributed by atoms with Crippen molar-refractivity contribution >= 4 is 21.2 Å². The minimum atomic E-state index is -3.66. The van der Waals surface area contributed by atoms with Crippen molar-refractivity contribution in [2.24, 2.45) is 0 Å². The van der Waals surface area contributed by atoms with Crippen molar-refractivity contribution < 1.29 is 17.9 Å². The third-order valence-electron chi connectivity index (χ3n) is 3.70. The highest BCUT2D eigenvalue weighted by Gasteiger charge is 2.23. The minimum absolute atomic E-state index is 0.0739. The van der Waals surface area contributed by atoms with Crippen LogP contribution < -0.4 is 4.74 Å². The predicted molar refractivity (Wildman–Crippen MR) is 102 cm³/mol. The fraction of sp³-hybridized carbons (Fsp3) is 0.353. The van der Waals surface area contributed by atoms with Crippen molar-refractivity contribution in [1.29, 1.82) is 0 Å². The highest BCUT2D eigenvalue weighted by molar-refractivity contribution is 7.90. The molecule has 2 heterocycles. The topological polar surface area (TPSA) is 96.2 Å². The summed E-state index contributed by atoms with van der Waals surface area (Å²) in [4.78, 5) is 4.46. The molecule has 0 N–H and O–H groups in total. The van der Waals surface area contributed by atoms with Gasteiger partial charge in [0, 0.05) is 24.6 Å². The molecule has 3 aromatic rings. The number of nitrogens with zero attached hydrogens (tertiary/aromatic N) is 4. The molecular weight excluding hydrogens is 388 g/mol. The Balaban J connectivity index is 1.76. The van der Waals surface area contributed by atoms with Crippen molar-refractivity contribution in [3.05, 3.63) is 41.7 Å². The Hall–Kier alpha value is -2.30. The highest BCUT2D eigenvalue weighted by Crippen LogP contribution is 2.27. The lowest BCUT2D eigenvalue weighted by molar-refractivity contribution is 0.184. The van der Waals surface area contributed by atoms with Gasteiger partial charge in [0.05, 0.1) is 18.9 Å². The number of thiazole rings is 1. The molecule has 0 unspecified atom stereocenters. The molecule has 10 heteroatoms. The zero-order valence-corrected chi connectivity index (χ0v) is 16.7. The molecule has 0 atom stereocenters. The van der Waals surface area contributed by atoms with E-state index in [9.17, 15) is 8.42 Å². The normalized spacial score (nSPS) is 11.6. The molecule has 3 rings (SSSR count). The molecule has 0 saturated carbocycles. The second kappa shape index (κ2) is 8.59. The van der Waals surface area contributed by atoms with Gasteiger partial charge in [-0.25, -0.2) is 13.4 Å². The molecule has 0 amide bonds. The maximum absolute atomic E-state index is 12.7. The van der Waals surface area contributed by atoms with Crippen molar-refractivity contribution in [3.8, 4) is 16.3 Å². The van der Waals surface area contributed by atoms with Gasteiger partial charge in [0.1, 0.15) is 22.8 Å². The van der Waals surface area contributed by atoms with Gasteiger partial charge in [-0.05, 0) is 31.2 Å². The van der Waals surface area contributed by atoms with Gasteiger partial charge in [-0.1, -0.05) is 0 Å². The average molecular weight is 409 g/mol. The van der Waals surface area contributed by atoms with Crippen LogP contribution in [0.2, 0.25) is 0 Å². The zero-order valence-electron chi connectivity index (χ0n) is 15.0. The van der Waals surface area contributed by atoms with Crippen LogP contribution in [0.5, 0.6) is 5.75 Å². The van der Waals surface area contributed by atoms with Gasteiger partial charge in [-0.2, -0.15) is 0 Å². The summed E-state index contributed by atoms with van der Waals surface area (Å²) in [7, 11) is -2.10. The molecule has 2 aromatic heterocycles. The lowest BCUT2D eigenvalue weighted by Gasteiger charge is -2.06. The van der Waals surface area contributed by atoms with E-state index in [1.165, 1.54) is 22.2 Å². The molecule has 1 aromatic carbocycles. The summed E-state index contributed by atoms with van der Waals surface area (Å²) in [6.07, 6.45) is 1.39. The van der Waals surface area contributed by atoms with E-state index in [0.717, 1.165) is 16.3 Å². The first-order valence-corrected chi connectivity index (χ1v) is 10.8. The summed E-state index contributed by atoms with van der Waals surface area (Å²) in [6.45, 7) is 3.27. The summed E-state index contributed by atoms with van der Waals surface area (Å²) < 4.78 is 37.3. The molecular formula is C17H20N4O4S2. The Morgan fingerprint density at radius 1 is 1.22 bits per heavy atom. The second-order valence-electron chi connectivity index (χ2n) is 5.66. The summed E-state index contributed by atoms with van der Waals surface area (Å²) in [5.41, 5.74) is 1.39. The maximum Gasteiger partial charge on any atom is 0.249 e. The van der Waals surface area contributed by atoms with Crippen molar-refractivity contribution in [2.45, 2.75) is 24.4 Å². The maximum atomic E-state index is 12.7. The van der Waals surface area contributed by atoms with Crippen LogP contribution in [0.15, 0.2) is 41.1 Å². The van der Waals surface area contributed by atoms with E-state index in [-0.39, 0.29) is 10.9 Å². The van der Waals surface area contributed by atoms with Crippen LogP contribution in [0.25, 0.3) is 10.6 Å². The molecule has 0 aliphatic carbocycles. The van der Waals surface area contributed by atoms with E-state index in [2.05, 4.69) is 15.2 Å². The summed E-state index contributed by atoms with van der Waals surface area (Å²) >= 11 is 1.40. The molecule has 8 nitrogen and oxygen atoms in total. The standard InChI is InChI=1S/C17H20N4O4S2/c1-3-25-15-6-4-13(5-7-15)16-19-14(10-26-16)11-27(22,23)17-20-18-12-21(17)8-9-24-2/h4-7,10,12H,3,8-9,11H2,1-2H3. The first kappa shape index (κ1) is 19.5. The van der Waals surface area contributed by atoms with Crippen LogP contribution in [0.3, 0.4) is 0 Å². The number of methoxy groups -OCH3 is 1. The number of sulfone groups is 1. The largest absolute Gasteiger partial charge is 0.494 e. The van der Waals surface area contributed by atoms with Crippen LogP contribution in [-0.2, 0) is 26.9 Å². The van der Waals surface area contributed by atoms with E-state index >= 15 is 0 Å². The van der Waals surface area contributed by atoms with Gasteiger partial charge in [-0.3, -0.25) is 0 Å². The van der Waals surface area contributed by atoms with E-state index in [1.54, 1.807) is 12.5 Å². The van der Waals surface area contributed by atoms with Gasteiger partial charge in [0.15, 0.2) is 0 Å². The first-order valence-electron chi connectivity index (χ1n) is 8.30. The Bertz CT molecular complexity index is 981. The Morgan fingerprint density at radius 2 is 2.00 bits per heavy atom. The first-order chi connectivity index (χ1) is 13.0. The lowest BCUT2D eigenvalue weighted by Crippen LogP contribution is -2.15. The van der Waals surface area contributed by atoms with Crippen LogP contribution in [0.1, 0.15) is 12.6 Å². The molecule has 144 valence electrons. The van der Waals surface area contributed by atoms with Crippen LogP contribution in [-0.4, -0.2) is 48.5 Å². The molecule has 0 bridgehead atoms. The van der Waals surface area contributed by atoms with E-state index in [1.807, 2.05) is 31.2 Å². The van der Waals surface area contributed by atoms with Crippen molar-refractivity contribution in [2.75, 3.05) is 20.3 Å². The number of rotatable bonds is 9. The van der Waals surface area contributed by atoms with Gasteiger partial charge in [0.25, 0.3) is 0 Å².